The Labute approximate surface area is 193 Å². The molecule has 0 spiro atoms. The second kappa shape index (κ2) is 7.98. The van der Waals surface area contributed by atoms with Crippen molar-refractivity contribution in [1.82, 2.24) is 4.98 Å². The van der Waals surface area contributed by atoms with Gasteiger partial charge in [-0.05, 0) is 66.9 Å². The van der Waals surface area contributed by atoms with Gasteiger partial charge >= 0.3 is 11.9 Å². The molecular weight excluding hydrogens is 414 g/mol. The summed E-state index contributed by atoms with van der Waals surface area (Å²) in [5.41, 5.74) is 5.56. The second-order valence-electron chi connectivity index (χ2n) is 9.91. The van der Waals surface area contributed by atoms with E-state index in [2.05, 4.69) is 24.3 Å². The van der Waals surface area contributed by atoms with Crippen molar-refractivity contribution in [3.8, 4) is 0 Å². The maximum absolute atomic E-state index is 12.0. The molecule has 0 radical (unpaired) electrons. The highest BCUT2D eigenvalue weighted by Crippen LogP contribution is 2.59. The standard InChI is InChI=1S/C28H29NO4/c1-16(26(30)31)14-28(15-17(2)27(32)33)21-12-11-18-7-3-5-9-20(18)24(21)25-22(28)13-19-8-4-6-10-23(19)29-25/h4-6,8-10,12-13,16-18H,3,7,11,14-15H2,1-2H3,(H,30,31)(H,32,33)/t16?,17?,18-,28?/m0/s1. The summed E-state index contributed by atoms with van der Waals surface area (Å²) in [5.74, 6) is -2.52. The zero-order valence-electron chi connectivity index (χ0n) is 19.0. The van der Waals surface area contributed by atoms with Crippen LogP contribution in [-0.4, -0.2) is 27.1 Å². The highest BCUT2D eigenvalue weighted by molar-refractivity contribution is 5.96. The van der Waals surface area contributed by atoms with E-state index in [0.717, 1.165) is 52.6 Å². The van der Waals surface area contributed by atoms with Crippen LogP contribution in [0.2, 0.25) is 0 Å². The van der Waals surface area contributed by atoms with Crippen LogP contribution in [0.5, 0.6) is 0 Å². The van der Waals surface area contributed by atoms with E-state index < -0.39 is 29.2 Å². The van der Waals surface area contributed by atoms with Crippen LogP contribution in [-0.2, 0) is 15.0 Å². The molecule has 33 heavy (non-hydrogen) atoms. The van der Waals surface area contributed by atoms with Crippen molar-refractivity contribution in [2.24, 2.45) is 17.8 Å². The topological polar surface area (TPSA) is 87.5 Å². The first-order chi connectivity index (χ1) is 15.8. The highest BCUT2D eigenvalue weighted by Gasteiger charge is 2.51. The number of para-hydroxylation sites is 1. The van der Waals surface area contributed by atoms with Gasteiger partial charge in [0.05, 0.1) is 23.0 Å². The van der Waals surface area contributed by atoms with Gasteiger partial charge in [-0.25, -0.2) is 4.98 Å². The molecule has 5 rings (SSSR count). The van der Waals surface area contributed by atoms with Gasteiger partial charge in [-0.3, -0.25) is 9.59 Å². The first kappa shape index (κ1) is 21.6. The number of fused-ring (bicyclic) bond motifs is 5. The van der Waals surface area contributed by atoms with Gasteiger partial charge in [0.25, 0.3) is 0 Å². The van der Waals surface area contributed by atoms with Crippen LogP contribution in [0.15, 0.2) is 59.7 Å². The smallest absolute Gasteiger partial charge is 0.306 e. The lowest BCUT2D eigenvalue weighted by Crippen LogP contribution is -2.34. The molecule has 2 N–H and O–H groups in total. The van der Waals surface area contributed by atoms with Crippen LogP contribution in [0.3, 0.4) is 0 Å². The van der Waals surface area contributed by atoms with Crippen molar-refractivity contribution < 1.29 is 19.8 Å². The van der Waals surface area contributed by atoms with Crippen LogP contribution < -0.4 is 0 Å². The number of nitrogens with zero attached hydrogens (tertiary/aromatic N) is 1. The molecule has 3 atom stereocenters. The summed E-state index contributed by atoms with van der Waals surface area (Å²) in [6, 6.07) is 10.1. The van der Waals surface area contributed by atoms with E-state index in [1.165, 1.54) is 5.57 Å². The average Bonchev–Trinajstić information content (AvgIpc) is 3.06. The molecule has 1 heterocycles. The minimum absolute atomic E-state index is 0.351. The minimum Gasteiger partial charge on any atom is -0.481 e. The third-order valence-electron chi connectivity index (χ3n) is 7.73. The molecule has 5 heteroatoms. The summed E-state index contributed by atoms with van der Waals surface area (Å²) >= 11 is 0. The van der Waals surface area contributed by atoms with E-state index in [0.29, 0.717) is 18.8 Å². The van der Waals surface area contributed by atoms with Crippen molar-refractivity contribution in [1.29, 1.82) is 0 Å². The lowest BCUT2D eigenvalue weighted by molar-refractivity contribution is -0.142. The number of aromatic nitrogens is 1. The molecule has 0 fully saturated rings. The molecule has 3 aliphatic rings. The molecule has 2 aromatic rings. The van der Waals surface area contributed by atoms with Crippen molar-refractivity contribution in [2.45, 2.75) is 51.4 Å². The van der Waals surface area contributed by atoms with Gasteiger partial charge in [0.1, 0.15) is 0 Å². The fourth-order valence-electron chi connectivity index (χ4n) is 6.11. The fraction of sp³-hybridized carbons (Fsp3) is 0.393. The number of carboxylic acids is 2. The predicted octanol–water partition coefficient (Wildman–Crippen LogP) is 5.76. The molecule has 2 unspecified atom stereocenters. The summed E-state index contributed by atoms with van der Waals surface area (Å²) < 4.78 is 0. The number of hydrogen-bond acceptors (Lipinski definition) is 3. The summed E-state index contributed by atoms with van der Waals surface area (Å²) in [4.78, 5) is 29.1. The zero-order valence-corrected chi connectivity index (χ0v) is 19.0. The van der Waals surface area contributed by atoms with E-state index >= 15 is 0 Å². The largest absolute Gasteiger partial charge is 0.481 e. The van der Waals surface area contributed by atoms with Gasteiger partial charge in [-0.2, -0.15) is 0 Å². The molecule has 170 valence electrons. The fourth-order valence-corrected chi connectivity index (χ4v) is 6.11. The number of aliphatic carboxylic acids is 2. The number of benzene rings is 1. The molecule has 0 aliphatic heterocycles. The van der Waals surface area contributed by atoms with Crippen LogP contribution in [0.1, 0.15) is 57.2 Å². The molecule has 0 amide bonds. The maximum atomic E-state index is 12.0. The van der Waals surface area contributed by atoms with Gasteiger partial charge < -0.3 is 10.2 Å². The van der Waals surface area contributed by atoms with Crippen LogP contribution in [0.4, 0.5) is 0 Å². The number of carboxylic acid groups (broad SMARTS) is 2. The quantitative estimate of drug-likeness (QED) is 0.593. The number of carbonyl (C=O) groups is 2. The number of hydrogen-bond donors (Lipinski definition) is 2. The Morgan fingerprint density at radius 2 is 1.82 bits per heavy atom. The molecule has 3 aliphatic carbocycles. The lowest BCUT2D eigenvalue weighted by atomic mass is 9.65. The van der Waals surface area contributed by atoms with E-state index in [9.17, 15) is 19.8 Å². The number of rotatable bonds is 6. The molecule has 0 saturated heterocycles. The molecule has 0 bridgehead atoms. The Bertz CT molecular complexity index is 1230. The van der Waals surface area contributed by atoms with Crippen LogP contribution in [0.25, 0.3) is 16.5 Å². The Morgan fingerprint density at radius 3 is 2.52 bits per heavy atom. The van der Waals surface area contributed by atoms with E-state index in [1.54, 1.807) is 13.8 Å². The maximum Gasteiger partial charge on any atom is 0.306 e. The molecule has 5 nitrogen and oxygen atoms in total. The zero-order chi connectivity index (χ0) is 23.3. The monoisotopic (exact) mass is 443 g/mol. The summed E-state index contributed by atoms with van der Waals surface area (Å²) in [6.45, 7) is 3.45. The second-order valence-corrected chi connectivity index (χ2v) is 9.91. The summed E-state index contributed by atoms with van der Waals surface area (Å²) in [7, 11) is 0. The van der Waals surface area contributed by atoms with Crippen molar-refractivity contribution in [3.63, 3.8) is 0 Å². The van der Waals surface area contributed by atoms with Crippen LogP contribution >= 0.6 is 0 Å². The van der Waals surface area contributed by atoms with Gasteiger partial charge in [-0.1, -0.05) is 50.3 Å². The first-order valence-corrected chi connectivity index (χ1v) is 11.8. The van der Waals surface area contributed by atoms with Gasteiger partial charge in [-0.15, -0.1) is 0 Å². The molecule has 0 saturated carbocycles. The molecule has 1 aromatic carbocycles. The summed E-state index contributed by atoms with van der Waals surface area (Å²) in [6.07, 6.45) is 10.4. The Kier molecular flexibility index (Phi) is 5.23. The van der Waals surface area contributed by atoms with Gasteiger partial charge in [0.15, 0.2) is 0 Å². The number of allylic oxidation sites excluding steroid dienone is 6. The molecule has 1 aromatic heterocycles. The average molecular weight is 444 g/mol. The van der Waals surface area contributed by atoms with Crippen molar-refractivity contribution in [3.05, 3.63) is 71.0 Å². The predicted molar refractivity (Wildman–Crippen MR) is 128 cm³/mol. The Hall–Kier alpha value is -3.21. The third-order valence-corrected chi connectivity index (χ3v) is 7.73. The van der Waals surface area contributed by atoms with Gasteiger partial charge in [0, 0.05) is 16.4 Å². The minimum atomic E-state index is -0.861. The first-order valence-electron chi connectivity index (χ1n) is 11.8. The number of pyridine rings is 1. The Balaban J connectivity index is 1.83. The molecular formula is C28H29NO4. The summed E-state index contributed by atoms with van der Waals surface area (Å²) in [5, 5.41) is 20.7. The van der Waals surface area contributed by atoms with E-state index in [4.69, 9.17) is 4.98 Å². The van der Waals surface area contributed by atoms with Gasteiger partial charge in [0.2, 0.25) is 0 Å². The van der Waals surface area contributed by atoms with Crippen molar-refractivity contribution in [2.75, 3.05) is 0 Å². The highest BCUT2D eigenvalue weighted by atomic mass is 16.4. The lowest BCUT2D eigenvalue weighted by Gasteiger charge is -2.37. The van der Waals surface area contributed by atoms with E-state index in [-0.39, 0.29) is 0 Å². The Morgan fingerprint density at radius 1 is 1.12 bits per heavy atom. The SMILES string of the molecule is CC(CC1(CC(C)C(=O)O)C2=CC[C@@H]3CCC=CC3=C2c2nc3ccccc3cc21)C(=O)O. The normalized spacial score (nSPS) is 25.2. The van der Waals surface area contributed by atoms with Crippen molar-refractivity contribution >= 4 is 28.4 Å². The van der Waals surface area contributed by atoms with E-state index in [1.807, 2.05) is 24.3 Å². The third kappa shape index (κ3) is 3.41. The van der Waals surface area contributed by atoms with Crippen LogP contribution in [0, 0.1) is 17.8 Å².